The molecule has 0 radical (unpaired) electrons. The summed E-state index contributed by atoms with van der Waals surface area (Å²) in [6.07, 6.45) is 1.87. The second-order valence-corrected chi connectivity index (χ2v) is 9.34. The van der Waals surface area contributed by atoms with Gasteiger partial charge in [0.2, 0.25) is 10.0 Å². The lowest BCUT2D eigenvalue weighted by Gasteiger charge is -2.27. The van der Waals surface area contributed by atoms with E-state index in [-0.39, 0.29) is 8.82 Å². The number of methoxy groups -OCH3 is 1. The zero-order valence-electron chi connectivity index (χ0n) is 13.8. The Bertz CT molecular complexity index is 848. The predicted octanol–water partition coefficient (Wildman–Crippen LogP) is 3.07. The molecule has 134 valence electrons. The molecule has 0 spiro atoms. The van der Waals surface area contributed by atoms with Gasteiger partial charge in [-0.2, -0.15) is 4.31 Å². The van der Waals surface area contributed by atoms with Crippen molar-refractivity contribution in [2.45, 2.75) is 34.2 Å². The Kier molecular flexibility index (Phi) is 5.21. The molecule has 0 unspecified atom stereocenters. The monoisotopic (exact) mass is 475 g/mol. The Morgan fingerprint density at radius 3 is 2.52 bits per heavy atom. The molecule has 8 heteroatoms. The summed E-state index contributed by atoms with van der Waals surface area (Å²) < 4.78 is 38.0. The van der Waals surface area contributed by atoms with Gasteiger partial charge in [0, 0.05) is 3.92 Å². The number of halogens is 1. The molecule has 1 aliphatic heterocycles. The fourth-order valence-corrected chi connectivity index (χ4v) is 6.23. The first kappa shape index (κ1) is 18.4. The minimum atomic E-state index is -3.90. The van der Waals surface area contributed by atoms with Gasteiger partial charge in [-0.3, -0.25) is 4.79 Å². The van der Waals surface area contributed by atoms with Crippen molar-refractivity contribution < 1.29 is 22.4 Å². The Labute approximate surface area is 160 Å². The molecule has 25 heavy (non-hydrogen) atoms. The van der Waals surface area contributed by atoms with Gasteiger partial charge in [-0.1, -0.05) is 40.3 Å². The molecule has 2 heterocycles. The standard InChI is InChI=1S/C17H18INO5S/c1-11-5-7-12(8-6-11)25(21,22)19-14(17(20)23-2)10-13(18)16(19)15-4-3-9-24-15/h3-9,13-14,16H,10H2,1-2H3/t13-,14-,16-/m1/s1. The Balaban J connectivity index is 2.11. The molecular formula is C17H18INO5S. The second kappa shape index (κ2) is 7.08. The van der Waals surface area contributed by atoms with Gasteiger partial charge >= 0.3 is 5.97 Å². The van der Waals surface area contributed by atoms with Crippen molar-refractivity contribution in [3.8, 4) is 0 Å². The fourth-order valence-electron chi connectivity index (χ4n) is 3.05. The average molecular weight is 475 g/mol. The number of carbonyl (C=O) groups excluding carboxylic acids is 1. The molecule has 3 atom stereocenters. The molecule has 1 aromatic heterocycles. The van der Waals surface area contributed by atoms with Gasteiger partial charge in [0.25, 0.3) is 0 Å². The molecule has 1 aliphatic rings. The number of hydrogen-bond acceptors (Lipinski definition) is 5. The number of aryl methyl sites for hydroxylation is 1. The Morgan fingerprint density at radius 1 is 1.28 bits per heavy atom. The molecule has 0 N–H and O–H groups in total. The molecule has 1 fully saturated rings. The SMILES string of the molecule is COC(=O)[C@H]1C[C@@H](I)[C@H](c2ccco2)N1S(=O)(=O)c1ccc(C)cc1. The molecule has 0 amide bonds. The lowest BCUT2D eigenvalue weighted by Crippen LogP contribution is -2.42. The molecule has 2 aromatic rings. The maximum absolute atomic E-state index is 13.3. The van der Waals surface area contributed by atoms with Gasteiger partial charge < -0.3 is 9.15 Å². The summed E-state index contributed by atoms with van der Waals surface area (Å²) in [4.78, 5) is 12.4. The molecular weight excluding hydrogens is 457 g/mol. The molecule has 1 aromatic carbocycles. The minimum absolute atomic E-state index is 0.118. The van der Waals surface area contributed by atoms with Crippen LogP contribution in [-0.2, 0) is 19.6 Å². The van der Waals surface area contributed by atoms with Gasteiger partial charge in [0.05, 0.1) is 24.3 Å². The van der Waals surface area contributed by atoms with Gasteiger partial charge in [-0.25, -0.2) is 8.42 Å². The van der Waals surface area contributed by atoms with Gasteiger partial charge in [-0.05, 0) is 37.6 Å². The molecule has 0 aliphatic carbocycles. The normalized spacial score (nSPS) is 24.4. The van der Waals surface area contributed by atoms with Crippen LogP contribution in [-0.4, -0.2) is 35.8 Å². The van der Waals surface area contributed by atoms with Crippen molar-refractivity contribution in [2.75, 3.05) is 7.11 Å². The average Bonchev–Trinajstić information content (AvgIpc) is 3.21. The lowest BCUT2D eigenvalue weighted by atomic mass is 10.1. The lowest BCUT2D eigenvalue weighted by molar-refractivity contribution is -0.144. The number of sulfonamides is 1. The molecule has 0 bridgehead atoms. The van der Waals surface area contributed by atoms with E-state index in [1.54, 1.807) is 36.4 Å². The van der Waals surface area contributed by atoms with E-state index in [0.717, 1.165) is 5.56 Å². The topological polar surface area (TPSA) is 76.8 Å². The van der Waals surface area contributed by atoms with E-state index < -0.39 is 28.1 Å². The van der Waals surface area contributed by atoms with E-state index in [9.17, 15) is 13.2 Å². The third-order valence-corrected chi connectivity index (χ3v) is 7.37. The second-order valence-electron chi connectivity index (χ2n) is 5.90. The van der Waals surface area contributed by atoms with Crippen molar-refractivity contribution in [3.05, 3.63) is 54.0 Å². The summed E-state index contributed by atoms with van der Waals surface area (Å²) in [6, 6.07) is 8.57. The summed E-state index contributed by atoms with van der Waals surface area (Å²) in [5.41, 5.74) is 0.958. The smallest absolute Gasteiger partial charge is 0.324 e. The van der Waals surface area contributed by atoms with E-state index >= 15 is 0 Å². The highest BCUT2D eigenvalue weighted by molar-refractivity contribution is 14.1. The van der Waals surface area contributed by atoms with Crippen LogP contribution in [0.4, 0.5) is 0 Å². The third-order valence-electron chi connectivity index (χ3n) is 4.28. The maximum atomic E-state index is 13.3. The number of nitrogens with zero attached hydrogens (tertiary/aromatic N) is 1. The highest BCUT2D eigenvalue weighted by atomic mass is 127. The van der Waals surface area contributed by atoms with E-state index in [1.807, 2.05) is 6.92 Å². The zero-order chi connectivity index (χ0) is 18.2. The van der Waals surface area contributed by atoms with Crippen molar-refractivity contribution in [1.82, 2.24) is 4.31 Å². The zero-order valence-corrected chi connectivity index (χ0v) is 16.7. The summed E-state index contributed by atoms with van der Waals surface area (Å²) >= 11 is 2.17. The number of alkyl halides is 1. The highest BCUT2D eigenvalue weighted by Crippen LogP contribution is 2.44. The van der Waals surface area contributed by atoms with Crippen LogP contribution in [0.2, 0.25) is 0 Å². The Morgan fingerprint density at radius 2 is 1.96 bits per heavy atom. The Hall–Kier alpha value is -1.39. The number of esters is 1. The van der Waals surface area contributed by atoms with E-state index in [0.29, 0.717) is 12.2 Å². The first-order valence-corrected chi connectivity index (χ1v) is 10.4. The highest BCUT2D eigenvalue weighted by Gasteiger charge is 2.52. The molecule has 3 rings (SSSR count). The van der Waals surface area contributed by atoms with Crippen molar-refractivity contribution in [2.24, 2.45) is 0 Å². The number of furan rings is 1. The molecule has 1 saturated heterocycles. The third kappa shape index (κ3) is 3.34. The van der Waals surface area contributed by atoms with Crippen LogP contribution in [0.25, 0.3) is 0 Å². The van der Waals surface area contributed by atoms with Crippen LogP contribution in [0.5, 0.6) is 0 Å². The van der Waals surface area contributed by atoms with Crippen LogP contribution in [0, 0.1) is 6.92 Å². The maximum Gasteiger partial charge on any atom is 0.324 e. The van der Waals surface area contributed by atoms with Crippen LogP contribution in [0.1, 0.15) is 23.8 Å². The van der Waals surface area contributed by atoms with E-state index in [2.05, 4.69) is 22.6 Å². The number of hydrogen-bond donors (Lipinski definition) is 0. The fraction of sp³-hybridized carbons (Fsp3) is 0.353. The van der Waals surface area contributed by atoms with Gasteiger partial charge in [-0.15, -0.1) is 0 Å². The van der Waals surface area contributed by atoms with Crippen molar-refractivity contribution >= 4 is 38.6 Å². The number of rotatable bonds is 4. The van der Waals surface area contributed by atoms with Crippen LogP contribution in [0.3, 0.4) is 0 Å². The van der Waals surface area contributed by atoms with Gasteiger partial charge in [0.1, 0.15) is 11.8 Å². The predicted molar refractivity (Wildman–Crippen MR) is 99.9 cm³/mol. The number of benzene rings is 1. The van der Waals surface area contributed by atoms with E-state index in [1.165, 1.54) is 17.7 Å². The summed E-state index contributed by atoms with van der Waals surface area (Å²) in [5, 5.41) is 0. The first-order valence-electron chi connectivity index (χ1n) is 7.71. The quantitative estimate of drug-likeness (QED) is 0.386. The van der Waals surface area contributed by atoms with E-state index in [4.69, 9.17) is 9.15 Å². The van der Waals surface area contributed by atoms with Crippen molar-refractivity contribution in [1.29, 1.82) is 0 Å². The van der Waals surface area contributed by atoms with Crippen LogP contribution in [0.15, 0.2) is 52.0 Å². The number of ether oxygens (including phenoxy) is 1. The summed E-state index contributed by atoms with van der Waals surface area (Å²) in [5.74, 6) is -0.0482. The molecule has 6 nitrogen and oxygen atoms in total. The summed E-state index contributed by atoms with van der Waals surface area (Å²) in [6.45, 7) is 1.88. The number of carbonyl (C=O) groups is 1. The minimum Gasteiger partial charge on any atom is -0.468 e. The van der Waals surface area contributed by atoms with Crippen LogP contribution < -0.4 is 0 Å². The van der Waals surface area contributed by atoms with Gasteiger partial charge in [0.15, 0.2) is 0 Å². The van der Waals surface area contributed by atoms with Crippen LogP contribution >= 0.6 is 22.6 Å². The summed E-state index contributed by atoms with van der Waals surface area (Å²) in [7, 11) is -2.63. The molecule has 0 saturated carbocycles. The van der Waals surface area contributed by atoms with Crippen molar-refractivity contribution in [3.63, 3.8) is 0 Å². The first-order chi connectivity index (χ1) is 11.9. The largest absolute Gasteiger partial charge is 0.468 e.